The number of aryl methyl sites for hydroxylation is 3. The maximum Gasteiger partial charge on any atom is 0.256 e. The summed E-state index contributed by atoms with van der Waals surface area (Å²) in [5.41, 5.74) is 5.45. The van der Waals surface area contributed by atoms with Gasteiger partial charge in [0.15, 0.2) is 0 Å². The minimum atomic E-state index is -0.177. The number of anilines is 1. The van der Waals surface area contributed by atoms with Crippen molar-refractivity contribution in [3.8, 4) is 16.4 Å². The molecule has 1 N–H and O–H groups in total. The third-order valence-corrected chi connectivity index (χ3v) is 5.72. The molecular formula is C22H19ClN4OS. The number of benzene rings is 2. The zero-order chi connectivity index (χ0) is 20.5. The van der Waals surface area contributed by atoms with E-state index in [1.54, 1.807) is 4.68 Å². The lowest BCUT2D eigenvalue weighted by atomic mass is 10.1. The third-order valence-electron chi connectivity index (χ3n) is 4.66. The van der Waals surface area contributed by atoms with E-state index in [2.05, 4.69) is 15.4 Å². The van der Waals surface area contributed by atoms with Gasteiger partial charge in [-0.05, 0) is 56.2 Å². The molecule has 5 nitrogen and oxygen atoms in total. The van der Waals surface area contributed by atoms with Crippen LogP contribution in [0.3, 0.4) is 0 Å². The number of nitrogens with one attached hydrogen (secondary N) is 1. The Morgan fingerprint density at radius 3 is 2.52 bits per heavy atom. The molecule has 2 aromatic heterocycles. The number of nitrogens with zero attached hydrogens (tertiary/aromatic N) is 3. The summed E-state index contributed by atoms with van der Waals surface area (Å²) >= 11 is 7.43. The van der Waals surface area contributed by atoms with Crippen molar-refractivity contribution in [1.82, 2.24) is 14.8 Å². The van der Waals surface area contributed by atoms with Crippen LogP contribution in [0.25, 0.3) is 16.4 Å². The predicted octanol–water partition coefficient (Wildman–Crippen LogP) is 5.83. The second kappa shape index (κ2) is 7.81. The molecule has 1 amide bonds. The number of amides is 1. The maximum absolute atomic E-state index is 12.7. The van der Waals surface area contributed by atoms with Crippen molar-refractivity contribution in [3.05, 3.63) is 81.3 Å². The van der Waals surface area contributed by atoms with Gasteiger partial charge in [-0.25, -0.2) is 4.98 Å². The molecule has 146 valence electrons. The minimum Gasteiger partial charge on any atom is -0.306 e. The van der Waals surface area contributed by atoms with Crippen LogP contribution in [-0.2, 0) is 0 Å². The first-order chi connectivity index (χ1) is 13.9. The fourth-order valence-electron chi connectivity index (χ4n) is 2.92. The molecule has 0 saturated carbocycles. The average molecular weight is 423 g/mol. The van der Waals surface area contributed by atoms with E-state index in [1.165, 1.54) is 11.3 Å². The molecule has 0 spiro atoms. The number of thiazole rings is 1. The Bertz CT molecular complexity index is 1190. The first-order valence-corrected chi connectivity index (χ1v) is 10.3. The molecule has 0 atom stereocenters. The summed E-state index contributed by atoms with van der Waals surface area (Å²) in [7, 11) is 0. The Morgan fingerprint density at radius 1 is 1.03 bits per heavy atom. The lowest BCUT2D eigenvalue weighted by Crippen LogP contribution is -2.15. The van der Waals surface area contributed by atoms with Crippen molar-refractivity contribution in [2.75, 3.05) is 5.32 Å². The van der Waals surface area contributed by atoms with E-state index < -0.39 is 0 Å². The zero-order valence-corrected chi connectivity index (χ0v) is 17.8. The molecule has 29 heavy (non-hydrogen) atoms. The van der Waals surface area contributed by atoms with Gasteiger partial charge in [-0.3, -0.25) is 4.79 Å². The van der Waals surface area contributed by atoms with E-state index in [0.717, 1.165) is 28.1 Å². The van der Waals surface area contributed by atoms with Gasteiger partial charge >= 0.3 is 0 Å². The van der Waals surface area contributed by atoms with Crippen LogP contribution in [0.2, 0.25) is 5.02 Å². The molecule has 0 aliphatic heterocycles. The molecule has 4 rings (SSSR count). The van der Waals surface area contributed by atoms with Gasteiger partial charge in [0.05, 0.1) is 11.4 Å². The topological polar surface area (TPSA) is 59.8 Å². The number of carbonyl (C=O) groups is 1. The highest BCUT2D eigenvalue weighted by Gasteiger charge is 2.16. The number of hydrogen-bond donors (Lipinski definition) is 1. The minimum absolute atomic E-state index is 0.177. The van der Waals surface area contributed by atoms with Gasteiger partial charge in [0.1, 0.15) is 5.82 Å². The quantitative estimate of drug-likeness (QED) is 0.450. The van der Waals surface area contributed by atoms with Gasteiger partial charge in [-0.2, -0.15) is 9.78 Å². The predicted molar refractivity (Wildman–Crippen MR) is 118 cm³/mol. The van der Waals surface area contributed by atoms with Crippen molar-refractivity contribution in [2.45, 2.75) is 20.8 Å². The van der Waals surface area contributed by atoms with Crippen molar-refractivity contribution in [3.63, 3.8) is 0 Å². The monoisotopic (exact) mass is 422 g/mol. The largest absolute Gasteiger partial charge is 0.306 e. The molecule has 4 aromatic rings. The number of aromatic nitrogens is 3. The standard InChI is InChI=1S/C22H19ClN4OS/c1-13-4-5-17(10-14(13)2)21(28)25-20-11-15(3)26-27(20)22-24-19(12-29-22)16-6-8-18(23)9-7-16/h4-12H,1-3H3,(H,25,28). The van der Waals surface area contributed by atoms with Gasteiger partial charge in [-0.15, -0.1) is 11.3 Å². The summed E-state index contributed by atoms with van der Waals surface area (Å²) in [4.78, 5) is 17.4. The van der Waals surface area contributed by atoms with Crippen LogP contribution < -0.4 is 5.32 Å². The molecule has 0 radical (unpaired) electrons. The molecule has 0 fully saturated rings. The van der Waals surface area contributed by atoms with Crippen LogP contribution in [0, 0.1) is 20.8 Å². The Kier molecular flexibility index (Phi) is 5.22. The molecule has 0 saturated heterocycles. The van der Waals surface area contributed by atoms with E-state index >= 15 is 0 Å². The van der Waals surface area contributed by atoms with Crippen LogP contribution in [0.1, 0.15) is 27.2 Å². The van der Waals surface area contributed by atoms with E-state index in [0.29, 0.717) is 21.5 Å². The molecule has 2 heterocycles. The highest BCUT2D eigenvalue weighted by atomic mass is 35.5. The van der Waals surface area contributed by atoms with E-state index in [4.69, 9.17) is 11.6 Å². The lowest BCUT2D eigenvalue weighted by Gasteiger charge is -2.08. The Morgan fingerprint density at radius 2 is 1.79 bits per heavy atom. The van der Waals surface area contributed by atoms with Gasteiger partial charge in [0, 0.05) is 27.6 Å². The number of rotatable bonds is 4. The first kappa shape index (κ1) is 19.4. The van der Waals surface area contributed by atoms with Crippen LogP contribution in [0.15, 0.2) is 53.9 Å². The van der Waals surface area contributed by atoms with Crippen molar-refractivity contribution in [2.24, 2.45) is 0 Å². The maximum atomic E-state index is 12.7. The molecule has 0 bridgehead atoms. The second-order valence-electron chi connectivity index (χ2n) is 6.86. The zero-order valence-electron chi connectivity index (χ0n) is 16.2. The smallest absolute Gasteiger partial charge is 0.256 e. The highest BCUT2D eigenvalue weighted by Crippen LogP contribution is 2.27. The van der Waals surface area contributed by atoms with Gasteiger partial charge < -0.3 is 5.32 Å². The molecular weight excluding hydrogens is 404 g/mol. The number of hydrogen-bond acceptors (Lipinski definition) is 4. The Balaban J connectivity index is 1.62. The summed E-state index contributed by atoms with van der Waals surface area (Å²) in [6, 6.07) is 15.0. The molecule has 7 heteroatoms. The number of halogens is 1. The summed E-state index contributed by atoms with van der Waals surface area (Å²) in [6.07, 6.45) is 0. The Labute approximate surface area is 178 Å². The van der Waals surface area contributed by atoms with E-state index in [1.807, 2.05) is 74.7 Å². The van der Waals surface area contributed by atoms with Crippen LogP contribution in [0.4, 0.5) is 5.82 Å². The van der Waals surface area contributed by atoms with Crippen LogP contribution >= 0.6 is 22.9 Å². The fraction of sp³-hybridized carbons (Fsp3) is 0.136. The number of carbonyl (C=O) groups excluding carboxylic acids is 1. The summed E-state index contributed by atoms with van der Waals surface area (Å²) in [5, 5.41) is 10.8. The third kappa shape index (κ3) is 4.09. The average Bonchev–Trinajstić information content (AvgIpc) is 3.31. The normalized spacial score (nSPS) is 10.9. The van der Waals surface area contributed by atoms with Crippen molar-refractivity contribution in [1.29, 1.82) is 0 Å². The van der Waals surface area contributed by atoms with Crippen molar-refractivity contribution < 1.29 is 4.79 Å². The van der Waals surface area contributed by atoms with Crippen LogP contribution in [0.5, 0.6) is 0 Å². The molecule has 2 aromatic carbocycles. The van der Waals surface area contributed by atoms with E-state index in [9.17, 15) is 4.79 Å². The van der Waals surface area contributed by atoms with Gasteiger partial charge in [0.2, 0.25) is 5.13 Å². The Hall–Kier alpha value is -2.96. The molecule has 0 aliphatic rings. The van der Waals surface area contributed by atoms with Gasteiger partial charge in [-0.1, -0.05) is 29.8 Å². The van der Waals surface area contributed by atoms with Gasteiger partial charge in [0.25, 0.3) is 5.91 Å². The summed E-state index contributed by atoms with van der Waals surface area (Å²) in [5.74, 6) is 0.409. The highest BCUT2D eigenvalue weighted by molar-refractivity contribution is 7.12. The first-order valence-electron chi connectivity index (χ1n) is 9.08. The van der Waals surface area contributed by atoms with Crippen molar-refractivity contribution >= 4 is 34.7 Å². The van der Waals surface area contributed by atoms with Crippen LogP contribution in [-0.4, -0.2) is 20.7 Å². The fourth-order valence-corrected chi connectivity index (χ4v) is 3.84. The SMILES string of the molecule is Cc1cc(NC(=O)c2ccc(C)c(C)c2)n(-c2nc(-c3ccc(Cl)cc3)cs2)n1. The molecule has 0 unspecified atom stereocenters. The second-order valence-corrected chi connectivity index (χ2v) is 8.13. The summed E-state index contributed by atoms with van der Waals surface area (Å²) in [6.45, 7) is 5.90. The lowest BCUT2D eigenvalue weighted by molar-refractivity contribution is 0.102. The molecule has 0 aliphatic carbocycles. The summed E-state index contributed by atoms with van der Waals surface area (Å²) < 4.78 is 1.67. The van der Waals surface area contributed by atoms with E-state index in [-0.39, 0.29) is 5.91 Å².